The average molecular weight is 520 g/mol. The molecule has 1 aromatic carbocycles. The summed E-state index contributed by atoms with van der Waals surface area (Å²) in [5.41, 5.74) is 5.07. The number of fused-ring (bicyclic) bond motifs is 3. The van der Waals surface area contributed by atoms with Gasteiger partial charge in [0.05, 0.1) is 54.7 Å². The highest BCUT2D eigenvalue weighted by Gasteiger charge is 2.39. The quantitative estimate of drug-likeness (QED) is 0.366. The fraction of sp³-hybridized carbons (Fsp3) is 0.308. The van der Waals surface area contributed by atoms with E-state index < -0.39 is 11.1 Å². The van der Waals surface area contributed by atoms with E-state index in [2.05, 4.69) is 0 Å². The van der Waals surface area contributed by atoms with Crippen molar-refractivity contribution in [2.24, 2.45) is 7.05 Å². The Kier molecular flexibility index (Phi) is 6.19. The number of ether oxygens (including phenoxy) is 3. The fourth-order valence-corrected chi connectivity index (χ4v) is 5.79. The molecule has 0 N–H and O–H groups in total. The smallest absolute Gasteiger partial charge is 0.273 e. The van der Waals surface area contributed by atoms with E-state index in [4.69, 9.17) is 42.8 Å². The van der Waals surface area contributed by atoms with Crippen molar-refractivity contribution in [3.05, 3.63) is 58.7 Å². The number of nitrogens with zero attached hydrogens (tertiary/aromatic N) is 4. The highest BCUT2D eigenvalue weighted by molar-refractivity contribution is 7.08. The van der Waals surface area contributed by atoms with Gasteiger partial charge in [-0.1, -0.05) is 5.24 Å². The van der Waals surface area contributed by atoms with Gasteiger partial charge in [-0.2, -0.15) is 16.4 Å². The first kappa shape index (κ1) is 24.9. The van der Waals surface area contributed by atoms with Crippen LogP contribution in [0.4, 0.5) is 0 Å². The number of benzene rings is 1. The highest BCUT2D eigenvalue weighted by Crippen LogP contribution is 2.46. The molecule has 8 nitrogen and oxygen atoms in total. The van der Waals surface area contributed by atoms with Crippen molar-refractivity contribution < 1.29 is 19.0 Å². The maximum absolute atomic E-state index is 14.0. The van der Waals surface area contributed by atoms with Gasteiger partial charge in [-0.05, 0) is 30.0 Å². The van der Waals surface area contributed by atoms with Gasteiger partial charge in [0.15, 0.2) is 5.69 Å². The van der Waals surface area contributed by atoms with Gasteiger partial charge in [0, 0.05) is 59.7 Å². The number of carbonyl (C=O) groups excluding carboxylic acids is 1. The SMILES string of the molecule is [B]C([B])([B])N(C(=O)c1nn(-c2ccsc2)c2c1COc1cc(OC)c(-c3ccn(C)c3)cc1-2)C1CCOC1. The van der Waals surface area contributed by atoms with Crippen molar-refractivity contribution in [1.29, 1.82) is 0 Å². The minimum absolute atomic E-state index is 0.128. The number of rotatable bonds is 6. The normalized spacial score (nSPS) is 16.5. The van der Waals surface area contributed by atoms with Crippen molar-refractivity contribution in [1.82, 2.24) is 19.2 Å². The molecule has 1 saturated heterocycles. The molecule has 2 aliphatic rings. The van der Waals surface area contributed by atoms with Crippen LogP contribution < -0.4 is 9.47 Å². The maximum Gasteiger partial charge on any atom is 0.273 e. The zero-order valence-corrected chi connectivity index (χ0v) is 21.9. The predicted molar refractivity (Wildman–Crippen MR) is 148 cm³/mol. The van der Waals surface area contributed by atoms with Crippen molar-refractivity contribution in [3.8, 4) is 39.6 Å². The molecule has 186 valence electrons. The largest absolute Gasteiger partial charge is 0.496 e. The van der Waals surface area contributed by atoms with Gasteiger partial charge in [-0.25, -0.2) is 4.68 Å². The summed E-state index contributed by atoms with van der Waals surface area (Å²) in [6.07, 6.45) is 4.57. The van der Waals surface area contributed by atoms with E-state index in [0.717, 1.165) is 28.1 Å². The van der Waals surface area contributed by atoms with Crippen LogP contribution in [0.25, 0.3) is 28.1 Å². The Bertz CT molecular complexity index is 1500. The number of carbonyl (C=O) groups is 1. The van der Waals surface area contributed by atoms with Gasteiger partial charge in [-0.15, -0.1) is 0 Å². The van der Waals surface area contributed by atoms with E-state index in [1.807, 2.05) is 59.0 Å². The third-order valence-corrected chi connectivity index (χ3v) is 7.59. The molecule has 1 atom stereocenters. The second kappa shape index (κ2) is 9.43. The van der Waals surface area contributed by atoms with Crippen LogP contribution in [-0.4, -0.2) is 80.3 Å². The van der Waals surface area contributed by atoms with E-state index in [1.165, 1.54) is 16.2 Å². The molecule has 0 spiro atoms. The summed E-state index contributed by atoms with van der Waals surface area (Å²) in [7, 11) is 21.9. The Labute approximate surface area is 228 Å². The van der Waals surface area contributed by atoms with E-state index in [-0.39, 0.29) is 18.3 Å². The van der Waals surface area contributed by atoms with Crippen molar-refractivity contribution in [3.63, 3.8) is 0 Å². The number of hydrogen-bond acceptors (Lipinski definition) is 6. The topological polar surface area (TPSA) is 70.8 Å². The summed E-state index contributed by atoms with van der Waals surface area (Å²) < 4.78 is 21.1. The lowest BCUT2D eigenvalue weighted by Crippen LogP contribution is -2.58. The first-order valence-corrected chi connectivity index (χ1v) is 13.1. The van der Waals surface area contributed by atoms with E-state index in [1.54, 1.807) is 11.8 Å². The number of aryl methyl sites for hydroxylation is 1. The number of aromatic nitrogens is 3. The summed E-state index contributed by atoms with van der Waals surface area (Å²) in [4.78, 5) is 15.3. The molecule has 0 bridgehead atoms. The highest BCUT2D eigenvalue weighted by atomic mass is 32.1. The molecular weight excluding hydrogens is 497 g/mol. The van der Waals surface area contributed by atoms with Gasteiger partial charge in [-0.3, -0.25) is 4.79 Å². The molecular formula is C26H23B3N4O4S. The first-order chi connectivity index (χ1) is 18.3. The minimum atomic E-state index is -1.89. The third-order valence-electron chi connectivity index (χ3n) is 6.92. The first-order valence-electron chi connectivity index (χ1n) is 12.2. The molecule has 6 rings (SSSR count). The zero-order chi connectivity index (χ0) is 26.6. The molecule has 5 heterocycles. The summed E-state index contributed by atoms with van der Waals surface area (Å²) >= 11 is 1.54. The van der Waals surface area contributed by atoms with Gasteiger partial charge >= 0.3 is 0 Å². The Morgan fingerprint density at radius 1 is 1.26 bits per heavy atom. The number of hydrogen-bond donors (Lipinski definition) is 0. The fourth-order valence-electron chi connectivity index (χ4n) is 5.17. The number of thiophene rings is 1. The Morgan fingerprint density at radius 2 is 2.11 bits per heavy atom. The van der Waals surface area contributed by atoms with Crippen molar-refractivity contribution in [2.45, 2.75) is 24.3 Å². The van der Waals surface area contributed by atoms with Crippen LogP contribution in [0.2, 0.25) is 0 Å². The number of methoxy groups -OCH3 is 1. The Morgan fingerprint density at radius 3 is 2.74 bits per heavy atom. The van der Waals surface area contributed by atoms with E-state index in [0.29, 0.717) is 36.7 Å². The predicted octanol–water partition coefficient (Wildman–Crippen LogP) is 2.86. The van der Waals surface area contributed by atoms with E-state index >= 15 is 0 Å². The average Bonchev–Trinajstić information content (AvgIpc) is 3.69. The van der Waals surface area contributed by atoms with Crippen molar-refractivity contribution in [2.75, 3.05) is 20.3 Å². The molecule has 0 aliphatic carbocycles. The lowest BCUT2D eigenvalue weighted by Gasteiger charge is -2.41. The molecule has 3 aromatic heterocycles. The monoisotopic (exact) mass is 520 g/mol. The van der Waals surface area contributed by atoms with E-state index in [9.17, 15) is 4.79 Å². The zero-order valence-electron chi connectivity index (χ0n) is 21.1. The van der Waals surface area contributed by atoms with Crippen LogP contribution in [0.1, 0.15) is 22.5 Å². The summed E-state index contributed by atoms with van der Waals surface area (Å²) in [5, 5.41) is 6.84. The summed E-state index contributed by atoms with van der Waals surface area (Å²) in [6, 6.07) is 7.49. The molecule has 6 radical (unpaired) electrons. The molecule has 2 aliphatic heterocycles. The van der Waals surface area contributed by atoms with Crippen LogP contribution in [0, 0.1) is 0 Å². The lowest BCUT2D eigenvalue weighted by molar-refractivity contribution is 0.0636. The van der Waals surface area contributed by atoms with Gasteiger partial charge in [0.1, 0.15) is 18.1 Å². The molecule has 1 amide bonds. The van der Waals surface area contributed by atoms with Crippen molar-refractivity contribution >= 4 is 40.8 Å². The number of amides is 1. The standard InChI is InChI=1S/C26H23B3N4O4S/c1-31-6-3-15(11-31)18-9-19-22(10-21(18)35-2)37-13-20-23(30-33(24(19)20)17-5-8-38-14-17)25(34)32(26(27,28)29)16-4-7-36-12-16/h3,5-6,8-11,14,16H,4,7,12-13H2,1-2H3. The Balaban J connectivity index is 1.55. The third kappa shape index (κ3) is 4.16. The second-order valence-corrected chi connectivity index (χ2v) is 10.3. The van der Waals surface area contributed by atoms with Gasteiger partial charge in [0.2, 0.25) is 0 Å². The molecule has 1 fully saturated rings. The molecule has 12 heteroatoms. The van der Waals surface area contributed by atoms with Crippen LogP contribution in [0.3, 0.4) is 0 Å². The minimum Gasteiger partial charge on any atom is -0.496 e. The summed E-state index contributed by atoms with van der Waals surface area (Å²) in [6.45, 7) is 0.918. The van der Waals surface area contributed by atoms with Crippen LogP contribution in [-0.2, 0) is 18.4 Å². The molecule has 1 unspecified atom stereocenters. The Hall–Kier alpha value is -3.37. The molecule has 38 heavy (non-hydrogen) atoms. The van der Waals surface area contributed by atoms with Gasteiger partial charge < -0.3 is 23.7 Å². The van der Waals surface area contributed by atoms with Crippen LogP contribution in [0.5, 0.6) is 11.5 Å². The maximum atomic E-state index is 14.0. The molecule has 0 saturated carbocycles. The van der Waals surface area contributed by atoms with Crippen LogP contribution >= 0.6 is 11.3 Å². The second-order valence-electron chi connectivity index (χ2n) is 9.55. The van der Waals surface area contributed by atoms with Gasteiger partial charge in [0.25, 0.3) is 5.91 Å². The lowest BCUT2D eigenvalue weighted by atomic mass is 9.48. The molecule has 4 aromatic rings. The van der Waals surface area contributed by atoms with Crippen LogP contribution in [0.15, 0.2) is 47.4 Å². The summed E-state index contributed by atoms with van der Waals surface area (Å²) in [5.74, 6) is 0.848.